The highest BCUT2D eigenvalue weighted by Crippen LogP contribution is 2.24. The molecule has 0 aromatic heterocycles. The number of rotatable bonds is 4. The lowest BCUT2D eigenvalue weighted by Gasteiger charge is -2.29. The van der Waals surface area contributed by atoms with E-state index in [9.17, 15) is 4.79 Å². The lowest BCUT2D eigenvalue weighted by atomic mass is 9.91. The van der Waals surface area contributed by atoms with E-state index in [0.717, 1.165) is 39.3 Å². The van der Waals surface area contributed by atoms with Crippen molar-refractivity contribution in [2.24, 2.45) is 5.41 Å². The maximum atomic E-state index is 11.1. The van der Waals surface area contributed by atoms with E-state index in [1.165, 1.54) is 0 Å². The summed E-state index contributed by atoms with van der Waals surface area (Å²) >= 11 is 5.51. The monoisotopic (exact) mass is 219 g/mol. The molecule has 4 heteroatoms. The van der Waals surface area contributed by atoms with Gasteiger partial charge in [0.15, 0.2) is 0 Å². The van der Waals surface area contributed by atoms with Crippen molar-refractivity contribution in [3.63, 3.8) is 0 Å². The molecular weight excluding hydrogens is 202 g/mol. The Bertz CT molecular complexity index is 200. The highest BCUT2D eigenvalue weighted by atomic mass is 35.5. The molecule has 0 spiro atoms. The highest BCUT2D eigenvalue weighted by molar-refractivity contribution is 6.64. The number of carbonyl (C=O) groups excluding carboxylic acids is 1. The molecule has 1 heterocycles. The van der Waals surface area contributed by atoms with Crippen molar-refractivity contribution in [2.45, 2.75) is 20.3 Å². The minimum Gasteiger partial charge on any atom is -0.379 e. The normalized spacial score (nSPS) is 19.6. The molecule has 1 aliphatic rings. The van der Waals surface area contributed by atoms with E-state index >= 15 is 0 Å². The molecule has 3 nitrogen and oxygen atoms in total. The van der Waals surface area contributed by atoms with E-state index in [0.29, 0.717) is 0 Å². The second-order valence-corrected chi connectivity index (χ2v) is 4.70. The third-order valence-corrected chi connectivity index (χ3v) is 3.20. The van der Waals surface area contributed by atoms with Gasteiger partial charge in [0.1, 0.15) is 0 Å². The summed E-state index contributed by atoms with van der Waals surface area (Å²) in [5.74, 6) is 0. The van der Waals surface area contributed by atoms with Gasteiger partial charge in [0.05, 0.1) is 13.2 Å². The Morgan fingerprint density at radius 1 is 1.43 bits per heavy atom. The predicted octanol–water partition coefficient (Wildman–Crippen LogP) is 1.50. The molecule has 1 aliphatic heterocycles. The summed E-state index contributed by atoms with van der Waals surface area (Å²) in [5, 5.41) is -0.245. The van der Waals surface area contributed by atoms with Crippen LogP contribution in [0.15, 0.2) is 0 Å². The molecular formula is C10H18ClNO2. The summed E-state index contributed by atoms with van der Waals surface area (Å²) in [6.07, 6.45) is 0.815. The Morgan fingerprint density at radius 3 is 2.50 bits per heavy atom. The van der Waals surface area contributed by atoms with E-state index in [2.05, 4.69) is 4.90 Å². The van der Waals surface area contributed by atoms with Crippen LogP contribution in [0.4, 0.5) is 0 Å². The van der Waals surface area contributed by atoms with Gasteiger partial charge in [-0.2, -0.15) is 0 Å². The number of hydrogen-bond donors (Lipinski definition) is 0. The summed E-state index contributed by atoms with van der Waals surface area (Å²) in [6.45, 7) is 8.24. The molecule has 0 aromatic rings. The van der Waals surface area contributed by atoms with Crippen molar-refractivity contribution in [3.05, 3.63) is 0 Å². The SMILES string of the molecule is CC(C)(CCN1CCOCC1)C(=O)Cl. The van der Waals surface area contributed by atoms with Crippen LogP contribution in [0.1, 0.15) is 20.3 Å². The van der Waals surface area contributed by atoms with Crippen LogP contribution in [0.25, 0.3) is 0 Å². The molecule has 14 heavy (non-hydrogen) atoms. The van der Waals surface area contributed by atoms with Crippen LogP contribution in [0.5, 0.6) is 0 Å². The van der Waals surface area contributed by atoms with Crippen LogP contribution in [0.2, 0.25) is 0 Å². The van der Waals surface area contributed by atoms with Crippen molar-refractivity contribution >= 4 is 16.8 Å². The summed E-state index contributed by atoms with van der Waals surface area (Å²) in [5.41, 5.74) is -0.403. The minimum atomic E-state index is -0.403. The quantitative estimate of drug-likeness (QED) is 0.672. The van der Waals surface area contributed by atoms with Gasteiger partial charge >= 0.3 is 0 Å². The Labute approximate surface area is 90.4 Å². The van der Waals surface area contributed by atoms with Gasteiger partial charge in [0.25, 0.3) is 0 Å². The average molecular weight is 220 g/mol. The first-order chi connectivity index (χ1) is 6.52. The van der Waals surface area contributed by atoms with Gasteiger partial charge in [-0.05, 0) is 24.6 Å². The fourth-order valence-corrected chi connectivity index (χ4v) is 1.46. The van der Waals surface area contributed by atoms with Gasteiger partial charge in [-0.25, -0.2) is 0 Å². The minimum absolute atomic E-state index is 0.245. The van der Waals surface area contributed by atoms with E-state index in [4.69, 9.17) is 16.3 Å². The van der Waals surface area contributed by atoms with Gasteiger partial charge in [0.2, 0.25) is 5.24 Å². The molecule has 0 aromatic carbocycles. The molecule has 0 aliphatic carbocycles. The zero-order valence-electron chi connectivity index (χ0n) is 8.88. The third kappa shape index (κ3) is 3.56. The smallest absolute Gasteiger partial charge is 0.227 e. The van der Waals surface area contributed by atoms with Crippen LogP contribution < -0.4 is 0 Å². The first kappa shape index (κ1) is 12.0. The molecule has 0 N–H and O–H groups in total. The Balaban J connectivity index is 2.28. The predicted molar refractivity (Wildman–Crippen MR) is 56.5 cm³/mol. The van der Waals surface area contributed by atoms with Gasteiger partial charge in [-0.15, -0.1) is 0 Å². The molecule has 0 amide bonds. The van der Waals surface area contributed by atoms with Crippen LogP contribution in [0, 0.1) is 5.41 Å². The van der Waals surface area contributed by atoms with Crippen LogP contribution in [0.3, 0.4) is 0 Å². The topological polar surface area (TPSA) is 29.5 Å². The van der Waals surface area contributed by atoms with Crippen molar-refractivity contribution in [1.82, 2.24) is 4.90 Å². The fraction of sp³-hybridized carbons (Fsp3) is 0.900. The third-order valence-electron chi connectivity index (χ3n) is 2.69. The number of morpholine rings is 1. The molecule has 0 saturated carbocycles. The van der Waals surface area contributed by atoms with E-state index in [1.807, 2.05) is 13.8 Å². The summed E-state index contributed by atoms with van der Waals surface area (Å²) in [4.78, 5) is 13.4. The van der Waals surface area contributed by atoms with Crippen molar-refractivity contribution in [1.29, 1.82) is 0 Å². The van der Waals surface area contributed by atoms with Gasteiger partial charge < -0.3 is 4.74 Å². The number of halogens is 1. The second-order valence-electron chi connectivity index (χ2n) is 4.36. The molecule has 1 saturated heterocycles. The summed E-state index contributed by atoms with van der Waals surface area (Å²) in [7, 11) is 0. The zero-order chi connectivity index (χ0) is 10.6. The standard InChI is InChI=1S/C10H18ClNO2/c1-10(2,9(11)13)3-4-12-5-7-14-8-6-12/h3-8H2,1-2H3. The van der Waals surface area contributed by atoms with Crippen LogP contribution in [-0.2, 0) is 9.53 Å². The zero-order valence-corrected chi connectivity index (χ0v) is 9.64. The van der Waals surface area contributed by atoms with Crippen molar-refractivity contribution < 1.29 is 9.53 Å². The lowest BCUT2D eigenvalue weighted by Crippen LogP contribution is -2.38. The number of ether oxygens (including phenoxy) is 1. The lowest BCUT2D eigenvalue weighted by molar-refractivity contribution is -0.119. The van der Waals surface area contributed by atoms with Gasteiger partial charge in [-0.1, -0.05) is 13.8 Å². The van der Waals surface area contributed by atoms with Crippen LogP contribution in [-0.4, -0.2) is 43.0 Å². The average Bonchev–Trinajstić information content (AvgIpc) is 2.16. The maximum Gasteiger partial charge on any atom is 0.227 e. The van der Waals surface area contributed by atoms with E-state index in [1.54, 1.807) is 0 Å². The van der Waals surface area contributed by atoms with E-state index < -0.39 is 5.41 Å². The molecule has 0 radical (unpaired) electrons. The summed E-state index contributed by atoms with van der Waals surface area (Å²) < 4.78 is 5.24. The largest absolute Gasteiger partial charge is 0.379 e. The molecule has 82 valence electrons. The molecule has 0 unspecified atom stereocenters. The second kappa shape index (κ2) is 5.10. The first-order valence-electron chi connectivity index (χ1n) is 5.02. The molecule has 1 rings (SSSR count). The van der Waals surface area contributed by atoms with Crippen molar-refractivity contribution in [2.75, 3.05) is 32.8 Å². The fourth-order valence-electron chi connectivity index (χ4n) is 1.36. The number of carbonyl (C=O) groups is 1. The van der Waals surface area contributed by atoms with Crippen molar-refractivity contribution in [3.8, 4) is 0 Å². The number of nitrogens with zero attached hydrogens (tertiary/aromatic N) is 1. The molecule has 1 fully saturated rings. The number of hydrogen-bond acceptors (Lipinski definition) is 3. The Kier molecular flexibility index (Phi) is 4.35. The summed E-state index contributed by atoms with van der Waals surface area (Å²) in [6, 6.07) is 0. The Hall–Kier alpha value is -0.120. The molecule has 0 bridgehead atoms. The highest BCUT2D eigenvalue weighted by Gasteiger charge is 2.26. The van der Waals surface area contributed by atoms with Gasteiger partial charge in [-0.3, -0.25) is 9.69 Å². The first-order valence-corrected chi connectivity index (χ1v) is 5.40. The van der Waals surface area contributed by atoms with E-state index in [-0.39, 0.29) is 5.24 Å². The van der Waals surface area contributed by atoms with Gasteiger partial charge in [0, 0.05) is 18.5 Å². The van der Waals surface area contributed by atoms with Crippen LogP contribution >= 0.6 is 11.6 Å². The Morgan fingerprint density at radius 2 is 2.00 bits per heavy atom. The maximum absolute atomic E-state index is 11.1. The molecule has 0 atom stereocenters.